The van der Waals surface area contributed by atoms with Crippen molar-refractivity contribution < 1.29 is 14.6 Å². The molecule has 0 aliphatic heterocycles. The SMILES string of the molecule is CCCCCCOc1ccc(-c2csc(C(=O)O)c2)cc1. The van der Waals surface area contributed by atoms with Crippen LogP contribution in [0.1, 0.15) is 42.3 Å². The fourth-order valence-corrected chi connectivity index (χ4v) is 2.82. The summed E-state index contributed by atoms with van der Waals surface area (Å²) in [4.78, 5) is 11.2. The van der Waals surface area contributed by atoms with Gasteiger partial charge in [0, 0.05) is 0 Å². The van der Waals surface area contributed by atoms with Crippen LogP contribution in [-0.4, -0.2) is 17.7 Å². The van der Waals surface area contributed by atoms with Crippen LogP contribution in [0.5, 0.6) is 5.75 Å². The lowest BCUT2D eigenvalue weighted by molar-refractivity contribution is 0.0702. The number of carboxylic acids is 1. The average molecular weight is 304 g/mol. The Hall–Kier alpha value is -1.81. The molecule has 112 valence electrons. The highest BCUT2D eigenvalue weighted by molar-refractivity contribution is 7.12. The zero-order valence-electron chi connectivity index (χ0n) is 12.2. The summed E-state index contributed by atoms with van der Waals surface area (Å²) in [6.07, 6.45) is 4.78. The van der Waals surface area contributed by atoms with E-state index in [1.807, 2.05) is 29.6 Å². The van der Waals surface area contributed by atoms with E-state index in [-0.39, 0.29) is 0 Å². The number of aromatic carboxylic acids is 1. The Morgan fingerprint density at radius 3 is 2.52 bits per heavy atom. The van der Waals surface area contributed by atoms with E-state index in [0.29, 0.717) is 4.88 Å². The van der Waals surface area contributed by atoms with Gasteiger partial charge in [0.05, 0.1) is 6.61 Å². The van der Waals surface area contributed by atoms with Crippen LogP contribution < -0.4 is 4.74 Å². The number of carboxylic acid groups (broad SMARTS) is 1. The van der Waals surface area contributed by atoms with Crippen LogP contribution in [0.25, 0.3) is 11.1 Å². The molecule has 0 spiro atoms. The van der Waals surface area contributed by atoms with Gasteiger partial charge in [-0.3, -0.25) is 0 Å². The normalized spacial score (nSPS) is 10.5. The second-order valence-electron chi connectivity index (χ2n) is 4.94. The van der Waals surface area contributed by atoms with E-state index in [2.05, 4.69) is 6.92 Å². The molecule has 0 unspecified atom stereocenters. The average Bonchev–Trinajstić information content (AvgIpc) is 2.98. The molecule has 1 aromatic carbocycles. The van der Waals surface area contributed by atoms with Gasteiger partial charge in [-0.25, -0.2) is 4.79 Å². The molecule has 0 bridgehead atoms. The van der Waals surface area contributed by atoms with Crippen LogP contribution in [0.4, 0.5) is 0 Å². The highest BCUT2D eigenvalue weighted by Crippen LogP contribution is 2.27. The third-order valence-electron chi connectivity index (χ3n) is 3.26. The third kappa shape index (κ3) is 4.60. The largest absolute Gasteiger partial charge is 0.494 e. The van der Waals surface area contributed by atoms with Gasteiger partial charge >= 0.3 is 5.97 Å². The van der Waals surface area contributed by atoms with E-state index in [1.165, 1.54) is 30.6 Å². The quantitative estimate of drug-likeness (QED) is 0.692. The molecule has 1 N–H and O–H groups in total. The third-order valence-corrected chi connectivity index (χ3v) is 4.18. The van der Waals surface area contributed by atoms with Gasteiger partial charge in [0.1, 0.15) is 10.6 Å². The summed E-state index contributed by atoms with van der Waals surface area (Å²) >= 11 is 1.25. The molecular formula is C17H20O3S. The van der Waals surface area contributed by atoms with Gasteiger partial charge in [-0.2, -0.15) is 0 Å². The first kappa shape index (κ1) is 15.6. The van der Waals surface area contributed by atoms with Gasteiger partial charge in [-0.05, 0) is 41.1 Å². The van der Waals surface area contributed by atoms with Crippen LogP contribution in [0.15, 0.2) is 35.7 Å². The summed E-state index contributed by atoms with van der Waals surface area (Å²) in [7, 11) is 0. The van der Waals surface area contributed by atoms with Crippen molar-refractivity contribution in [1.82, 2.24) is 0 Å². The van der Waals surface area contributed by atoms with E-state index < -0.39 is 5.97 Å². The maximum absolute atomic E-state index is 10.9. The van der Waals surface area contributed by atoms with Gasteiger partial charge in [-0.1, -0.05) is 38.3 Å². The monoisotopic (exact) mass is 304 g/mol. The van der Waals surface area contributed by atoms with Gasteiger partial charge in [0.2, 0.25) is 0 Å². The molecular weight excluding hydrogens is 284 g/mol. The predicted molar refractivity (Wildman–Crippen MR) is 86.4 cm³/mol. The molecule has 2 aromatic rings. The van der Waals surface area contributed by atoms with Gasteiger partial charge < -0.3 is 9.84 Å². The molecule has 0 saturated heterocycles. The van der Waals surface area contributed by atoms with Crippen molar-refractivity contribution in [3.05, 3.63) is 40.6 Å². The minimum atomic E-state index is -0.877. The van der Waals surface area contributed by atoms with Crippen molar-refractivity contribution in [1.29, 1.82) is 0 Å². The first-order chi connectivity index (χ1) is 10.2. The standard InChI is InChI=1S/C17H20O3S/c1-2-3-4-5-10-20-15-8-6-13(7-9-15)14-11-16(17(18)19)21-12-14/h6-9,11-12H,2-5,10H2,1H3,(H,18,19). The number of rotatable bonds is 8. The summed E-state index contributed by atoms with van der Waals surface area (Å²) in [5.41, 5.74) is 1.95. The Labute approximate surface area is 129 Å². The minimum absolute atomic E-state index is 0.362. The van der Waals surface area contributed by atoms with E-state index in [4.69, 9.17) is 9.84 Å². The number of benzene rings is 1. The van der Waals surface area contributed by atoms with E-state index in [9.17, 15) is 4.79 Å². The van der Waals surface area contributed by atoms with Crippen molar-refractivity contribution in [2.75, 3.05) is 6.61 Å². The zero-order valence-corrected chi connectivity index (χ0v) is 13.0. The Morgan fingerprint density at radius 2 is 1.90 bits per heavy atom. The summed E-state index contributed by atoms with van der Waals surface area (Å²) in [6.45, 7) is 2.95. The Balaban J connectivity index is 1.90. The topological polar surface area (TPSA) is 46.5 Å². The van der Waals surface area contributed by atoms with E-state index >= 15 is 0 Å². The maximum Gasteiger partial charge on any atom is 0.345 e. The highest BCUT2D eigenvalue weighted by Gasteiger charge is 2.08. The van der Waals surface area contributed by atoms with Gasteiger partial charge in [0.25, 0.3) is 0 Å². The van der Waals surface area contributed by atoms with Crippen molar-refractivity contribution in [2.24, 2.45) is 0 Å². The van der Waals surface area contributed by atoms with Crippen LogP contribution in [0, 0.1) is 0 Å². The molecule has 0 atom stereocenters. The number of hydrogen-bond donors (Lipinski definition) is 1. The number of unbranched alkanes of at least 4 members (excludes halogenated alkanes) is 3. The van der Waals surface area contributed by atoms with E-state index in [1.54, 1.807) is 6.07 Å². The summed E-state index contributed by atoms with van der Waals surface area (Å²) in [6, 6.07) is 9.51. The predicted octanol–water partition coefficient (Wildman–Crippen LogP) is 5.07. The van der Waals surface area contributed by atoms with Crippen molar-refractivity contribution in [3.63, 3.8) is 0 Å². The lowest BCUT2D eigenvalue weighted by Gasteiger charge is -2.06. The number of carbonyl (C=O) groups is 1. The maximum atomic E-state index is 10.9. The van der Waals surface area contributed by atoms with E-state index in [0.717, 1.165) is 29.9 Å². The summed E-state index contributed by atoms with van der Waals surface area (Å²) in [5.74, 6) is -0.0118. The Bertz CT molecular complexity index is 572. The fourth-order valence-electron chi connectivity index (χ4n) is 2.06. The van der Waals surface area contributed by atoms with Crippen molar-refractivity contribution in [3.8, 4) is 16.9 Å². The Kier molecular flexibility index (Phi) is 5.81. The van der Waals surface area contributed by atoms with Crippen LogP contribution >= 0.6 is 11.3 Å². The first-order valence-corrected chi connectivity index (χ1v) is 8.13. The molecule has 0 aliphatic carbocycles. The molecule has 1 aromatic heterocycles. The molecule has 21 heavy (non-hydrogen) atoms. The minimum Gasteiger partial charge on any atom is -0.494 e. The molecule has 0 radical (unpaired) electrons. The van der Waals surface area contributed by atoms with Crippen LogP contribution in [0.2, 0.25) is 0 Å². The molecule has 3 nitrogen and oxygen atoms in total. The first-order valence-electron chi connectivity index (χ1n) is 7.25. The zero-order chi connectivity index (χ0) is 15.1. The van der Waals surface area contributed by atoms with Crippen molar-refractivity contribution >= 4 is 17.3 Å². The molecule has 0 amide bonds. The number of ether oxygens (including phenoxy) is 1. The summed E-state index contributed by atoms with van der Waals surface area (Å²) < 4.78 is 5.70. The van der Waals surface area contributed by atoms with Gasteiger partial charge in [-0.15, -0.1) is 11.3 Å². The second kappa shape index (κ2) is 7.84. The van der Waals surface area contributed by atoms with Crippen LogP contribution in [-0.2, 0) is 0 Å². The second-order valence-corrected chi connectivity index (χ2v) is 5.85. The Morgan fingerprint density at radius 1 is 1.14 bits per heavy atom. The lowest BCUT2D eigenvalue weighted by atomic mass is 10.1. The fraction of sp³-hybridized carbons (Fsp3) is 0.353. The smallest absolute Gasteiger partial charge is 0.345 e. The molecule has 1 heterocycles. The lowest BCUT2D eigenvalue weighted by Crippen LogP contribution is -1.96. The number of thiophene rings is 1. The summed E-state index contributed by atoms with van der Waals surface area (Å²) in [5, 5.41) is 10.8. The molecule has 0 aliphatic rings. The van der Waals surface area contributed by atoms with Crippen molar-refractivity contribution in [2.45, 2.75) is 32.6 Å². The number of hydrogen-bond acceptors (Lipinski definition) is 3. The highest BCUT2D eigenvalue weighted by atomic mass is 32.1. The molecule has 2 rings (SSSR count). The molecule has 0 fully saturated rings. The molecule has 0 saturated carbocycles. The molecule has 4 heteroatoms. The van der Waals surface area contributed by atoms with Crippen LogP contribution in [0.3, 0.4) is 0 Å². The van der Waals surface area contributed by atoms with Gasteiger partial charge in [0.15, 0.2) is 0 Å².